The van der Waals surface area contributed by atoms with Crippen molar-refractivity contribution in [1.29, 1.82) is 0 Å². The van der Waals surface area contributed by atoms with Gasteiger partial charge in [0.1, 0.15) is 0 Å². The molecule has 0 radical (unpaired) electrons. The fraction of sp³-hybridized carbons (Fsp3) is 0.500. The Morgan fingerprint density at radius 3 is 2.85 bits per heavy atom. The molecule has 0 N–H and O–H groups in total. The Morgan fingerprint density at radius 1 is 1.24 bits per heavy atom. The number of methoxy groups -OCH3 is 1. The van der Waals surface area contributed by atoms with E-state index in [-0.39, 0.29) is 30.0 Å². The first-order valence-electron chi connectivity index (χ1n) is 12.4. The molecule has 0 amide bonds. The standard InChI is InChI=1S/C28H33NO4S/c1-28-14-13-23-22-10-8-21(34(31,32)16-4-6-27(30)33-2)17-19(22)7-9-24(23)26(28)12-11-25(28)20-5-3-15-29-18-20/h3,5,8,10-11,15,17-18,23-24,26H,4,6-7,9,12-14,16H2,1-2H3/t23-,24-,26+,28-/m1/s1. The first-order chi connectivity index (χ1) is 16.3. The van der Waals surface area contributed by atoms with Crippen LogP contribution in [-0.4, -0.2) is 32.2 Å². The minimum Gasteiger partial charge on any atom is -0.469 e. The van der Waals surface area contributed by atoms with Crippen LogP contribution in [-0.2, 0) is 25.8 Å². The van der Waals surface area contributed by atoms with Crippen molar-refractivity contribution in [2.24, 2.45) is 17.3 Å². The van der Waals surface area contributed by atoms with Crippen LogP contribution in [0.1, 0.15) is 68.1 Å². The zero-order valence-corrected chi connectivity index (χ0v) is 20.8. The van der Waals surface area contributed by atoms with Gasteiger partial charge in [-0.05, 0) is 102 Å². The van der Waals surface area contributed by atoms with Crippen LogP contribution in [0.3, 0.4) is 0 Å². The first-order valence-corrected chi connectivity index (χ1v) is 14.0. The van der Waals surface area contributed by atoms with Gasteiger partial charge in [0.25, 0.3) is 0 Å². The molecule has 2 aromatic rings. The molecular formula is C28H33NO4S. The Labute approximate surface area is 202 Å². The summed E-state index contributed by atoms with van der Waals surface area (Å²) < 4.78 is 30.4. The number of ether oxygens (including phenoxy) is 1. The number of carbonyl (C=O) groups is 1. The highest BCUT2D eigenvalue weighted by molar-refractivity contribution is 7.91. The highest BCUT2D eigenvalue weighted by Gasteiger charge is 2.51. The van der Waals surface area contributed by atoms with Crippen LogP contribution in [0, 0.1) is 17.3 Å². The van der Waals surface area contributed by atoms with E-state index < -0.39 is 9.84 Å². The van der Waals surface area contributed by atoms with E-state index in [9.17, 15) is 13.2 Å². The van der Waals surface area contributed by atoms with E-state index >= 15 is 0 Å². The van der Waals surface area contributed by atoms with E-state index in [0.29, 0.717) is 22.6 Å². The maximum Gasteiger partial charge on any atom is 0.305 e. The van der Waals surface area contributed by atoms with Gasteiger partial charge in [-0.1, -0.05) is 25.1 Å². The molecule has 180 valence electrons. The van der Waals surface area contributed by atoms with Crippen molar-refractivity contribution >= 4 is 21.4 Å². The van der Waals surface area contributed by atoms with Gasteiger partial charge in [-0.15, -0.1) is 0 Å². The zero-order valence-electron chi connectivity index (χ0n) is 20.0. The minimum absolute atomic E-state index is 0.0316. The van der Waals surface area contributed by atoms with Crippen LogP contribution in [0.15, 0.2) is 53.7 Å². The molecule has 0 bridgehead atoms. The molecule has 4 atom stereocenters. The van der Waals surface area contributed by atoms with Crippen molar-refractivity contribution in [3.8, 4) is 0 Å². The number of hydrogen-bond acceptors (Lipinski definition) is 5. The van der Waals surface area contributed by atoms with Crippen LogP contribution < -0.4 is 0 Å². The monoisotopic (exact) mass is 479 g/mol. The molecule has 34 heavy (non-hydrogen) atoms. The Balaban J connectivity index is 1.34. The van der Waals surface area contributed by atoms with Gasteiger partial charge in [0, 0.05) is 18.8 Å². The highest BCUT2D eigenvalue weighted by Crippen LogP contribution is 2.63. The lowest BCUT2D eigenvalue weighted by Gasteiger charge is -2.50. The molecule has 1 saturated carbocycles. The number of aryl methyl sites for hydroxylation is 1. The van der Waals surface area contributed by atoms with Crippen LogP contribution in [0.25, 0.3) is 5.57 Å². The molecule has 1 heterocycles. The maximum absolute atomic E-state index is 12.9. The second-order valence-corrected chi connectivity index (χ2v) is 12.4. The smallest absolute Gasteiger partial charge is 0.305 e. The third kappa shape index (κ3) is 4.00. The summed E-state index contributed by atoms with van der Waals surface area (Å²) in [6.45, 7) is 2.44. The topological polar surface area (TPSA) is 73.3 Å². The lowest BCUT2D eigenvalue weighted by Crippen LogP contribution is -2.40. The first kappa shape index (κ1) is 23.3. The molecular weight excluding hydrogens is 446 g/mol. The maximum atomic E-state index is 12.9. The number of hydrogen-bond donors (Lipinski definition) is 0. The number of carbonyl (C=O) groups excluding carboxylic acids is 1. The lowest BCUT2D eigenvalue weighted by molar-refractivity contribution is -0.140. The second-order valence-electron chi connectivity index (χ2n) is 10.3. The second kappa shape index (κ2) is 8.95. The molecule has 1 aromatic heterocycles. The lowest BCUT2D eigenvalue weighted by atomic mass is 9.54. The summed E-state index contributed by atoms with van der Waals surface area (Å²) in [6, 6.07) is 9.97. The van der Waals surface area contributed by atoms with Gasteiger partial charge >= 0.3 is 5.97 Å². The van der Waals surface area contributed by atoms with Gasteiger partial charge in [-0.3, -0.25) is 9.78 Å². The number of nitrogens with zero attached hydrogens (tertiary/aromatic N) is 1. The molecule has 0 aliphatic heterocycles. The zero-order chi connectivity index (χ0) is 23.9. The normalized spacial score (nSPS) is 27.8. The van der Waals surface area contributed by atoms with E-state index in [1.807, 2.05) is 24.5 Å². The molecule has 0 unspecified atom stereocenters. The Kier molecular flexibility index (Phi) is 6.13. The summed E-state index contributed by atoms with van der Waals surface area (Å²) in [7, 11) is -2.09. The molecule has 3 aliphatic carbocycles. The Morgan fingerprint density at radius 2 is 2.09 bits per heavy atom. The fourth-order valence-electron chi connectivity index (χ4n) is 6.92. The van der Waals surface area contributed by atoms with E-state index in [4.69, 9.17) is 0 Å². The molecule has 5 nitrogen and oxygen atoms in total. The fourth-order valence-corrected chi connectivity index (χ4v) is 8.27. The molecule has 0 saturated heterocycles. The predicted octanol–water partition coefficient (Wildman–Crippen LogP) is 5.36. The van der Waals surface area contributed by atoms with Crippen molar-refractivity contribution in [2.75, 3.05) is 12.9 Å². The van der Waals surface area contributed by atoms with E-state index in [0.717, 1.165) is 32.1 Å². The van der Waals surface area contributed by atoms with Crippen molar-refractivity contribution in [1.82, 2.24) is 4.98 Å². The molecule has 1 fully saturated rings. The quantitative estimate of drug-likeness (QED) is 0.522. The number of sulfone groups is 1. The van der Waals surface area contributed by atoms with Crippen molar-refractivity contribution in [3.05, 3.63) is 65.5 Å². The summed E-state index contributed by atoms with van der Waals surface area (Å²) >= 11 is 0. The van der Waals surface area contributed by atoms with Gasteiger partial charge in [-0.25, -0.2) is 8.42 Å². The molecule has 3 aliphatic rings. The number of benzene rings is 1. The largest absolute Gasteiger partial charge is 0.469 e. The van der Waals surface area contributed by atoms with Crippen LogP contribution in [0.4, 0.5) is 0 Å². The van der Waals surface area contributed by atoms with Gasteiger partial charge < -0.3 is 4.74 Å². The number of fused-ring (bicyclic) bond motifs is 5. The SMILES string of the molecule is COC(=O)CCCS(=O)(=O)c1ccc2c(c1)CC[C@@H]1[C@@H]2CC[C@]2(C)C(c3cccnc3)=CC[C@@H]12. The minimum atomic E-state index is -3.41. The van der Waals surface area contributed by atoms with E-state index in [2.05, 4.69) is 34.9 Å². The highest BCUT2D eigenvalue weighted by atomic mass is 32.2. The van der Waals surface area contributed by atoms with Crippen LogP contribution in [0.2, 0.25) is 0 Å². The number of pyridine rings is 1. The summed E-state index contributed by atoms with van der Waals surface area (Å²) in [5.74, 6) is 1.34. The molecule has 1 aromatic carbocycles. The van der Waals surface area contributed by atoms with Gasteiger partial charge in [0.2, 0.25) is 0 Å². The van der Waals surface area contributed by atoms with Gasteiger partial charge in [0.15, 0.2) is 9.84 Å². The van der Waals surface area contributed by atoms with E-state index in [1.165, 1.54) is 29.4 Å². The average molecular weight is 480 g/mol. The summed E-state index contributed by atoms with van der Waals surface area (Å²) in [5, 5.41) is 0. The van der Waals surface area contributed by atoms with Crippen molar-refractivity contribution < 1.29 is 17.9 Å². The van der Waals surface area contributed by atoms with E-state index in [1.54, 1.807) is 6.07 Å². The van der Waals surface area contributed by atoms with Crippen molar-refractivity contribution in [3.63, 3.8) is 0 Å². The molecule has 0 spiro atoms. The van der Waals surface area contributed by atoms with Crippen molar-refractivity contribution in [2.45, 2.75) is 62.7 Å². The van der Waals surface area contributed by atoms with Gasteiger partial charge in [0.05, 0.1) is 17.8 Å². The number of aromatic nitrogens is 1. The average Bonchev–Trinajstić information content (AvgIpc) is 3.21. The number of rotatable bonds is 6. The summed E-state index contributed by atoms with van der Waals surface area (Å²) in [4.78, 5) is 16.1. The number of esters is 1. The molecule has 6 heteroatoms. The van der Waals surface area contributed by atoms with Crippen LogP contribution >= 0.6 is 0 Å². The molecule has 5 rings (SSSR count). The Bertz CT molecular complexity index is 1220. The summed E-state index contributed by atoms with van der Waals surface area (Å²) in [6.07, 6.45) is 12.1. The summed E-state index contributed by atoms with van der Waals surface area (Å²) in [5.41, 5.74) is 5.44. The predicted molar refractivity (Wildman–Crippen MR) is 132 cm³/mol. The van der Waals surface area contributed by atoms with Crippen LogP contribution in [0.5, 0.6) is 0 Å². The third-order valence-corrected chi connectivity index (χ3v) is 10.4. The third-order valence-electron chi connectivity index (χ3n) is 8.63. The number of allylic oxidation sites excluding steroid dienone is 2. The van der Waals surface area contributed by atoms with Gasteiger partial charge in [-0.2, -0.15) is 0 Å². The Hall–Kier alpha value is -2.47.